The lowest BCUT2D eigenvalue weighted by Crippen LogP contribution is -2.54. The van der Waals surface area contributed by atoms with E-state index >= 15 is 0 Å². The summed E-state index contributed by atoms with van der Waals surface area (Å²) in [5, 5.41) is 0.495. The van der Waals surface area contributed by atoms with E-state index in [0.29, 0.717) is 37.0 Å². The maximum atomic E-state index is 12.6. The second-order valence-corrected chi connectivity index (χ2v) is 7.23. The van der Waals surface area contributed by atoms with Crippen LogP contribution in [0.1, 0.15) is 32.6 Å². The Balaban J connectivity index is 1.51. The molecule has 25 heavy (non-hydrogen) atoms. The quantitative estimate of drug-likeness (QED) is 0.825. The molecule has 1 aromatic rings. The first-order valence-electron chi connectivity index (χ1n) is 9.05. The molecular weight excluding hydrogens is 340 g/mol. The third-order valence-corrected chi connectivity index (χ3v) is 5.41. The Morgan fingerprint density at radius 1 is 1.08 bits per heavy atom. The summed E-state index contributed by atoms with van der Waals surface area (Å²) in [6, 6.07) is 7.14. The third-order valence-electron chi connectivity index (χ3n) is 5.10. The van der Waals surface area contributed by atoms with Crippen molar-refractivity contribution in [2.24, 2.45) is 5.92 Å². The maximum absolute atomic E-state index is 12.6. The van der Waals surface area contributed by atoms with Gasteiger partial charge in [-0.3, -0.25) is 9.59 Å². The van der Waals surface area contributed by atoms with Gasteiger partial charge in [0.25, 0.3) is 5.91 Å². The Labute approximate surface area is 153 Å². The Morgan fingerprint density at radius 3 is 2.32 bits per heavy atom. The molecule has 2 aliphatic rings. The van der Waals surface area contributed by atoms with Gasteiger partial charge < -0.3 is 14.5 Å². The lowest BCUT2D eigenvalue weighted by Gasteiger charge is -2.37. The zero-order chi connectivity index (χ0) is 17.8. The minimum Gasteiger partial charge on any atom is -0.479 e. The Bertz CT molecular complexity index is 623. The van der Waals surface area contributed by atoms with E-state index in [4.69, 9.17) is 16.3 Å². The summed E-state index contributed by atoms with van der Waals surface area (Å²) in [6.45, 7) is 4.09. The van der Waals surface area contributed by atoms with Crippen molar-refractivity contribution in [3.8, 4) is 5.75 Å². The van der Waals surface area contributed by atoms with Crippen LogP contribution in [0, 0.1) is 5.92 Å². The van der Waals surface area contributed by atoms with Gasteiger partial charge in [-0.1, -0.05) is 36.6 Å². The number of para-hydroxylation sites is 1. The van der Waals surface area contributed by atoms with Crippen molar-refractivity contribution >= 4 is 23.4 Å². The van der Waals surface area contributed by atoms with Crippen LogP contribution in [0.4, 0.5) is 0 Å². The number of ether oxygens (including phenoxy) is 1. The van der Waals surface area contributed by atoms with Crippen LogP contribution in [-0.2, 0) is 9.59 Å². The first-order valence-corrected chi connectivity index (χ1v) is 9.43. The number of carbonyl (C=O) groups excluding carboxylic acids is 2. The Kier molecular flexibility index (Phi) is 5.84. The third kappa shape index (κ3) is 4.27. The largest absolute Gasteiger partial charge is 0.479 e. The average Bonchev–Trinajstić information content (AvgIpc) is 3.17. The minimum atomic E-state index is -0.600. The fourth-order valence-corrected chi connectivity index (χ4v) is 3.80. The summed E-state index contributed by atoms with van der Waals surface area (Å²) in [7, 11) is 0. The van der Waals surface area contributed by atoms with E-state index in [1.165, 1.54) is 0 Å². The van der Waals surface area contributed by atoms with Crippen LogP contribution in [-0.4, -0.2) is 53.9 Å². The van der Waals surface area contributed by atoms with Crippen LogP contribution in [0.15, 0.2) is 24.3 Å². The predicted octanol–water partition coefficient (Wildman–Crippen LogP) is 2.97. The van der Waals surface area contributed by atoms with Crippen molar-refractivity contribution in [2.45, 2.75) is 38.7 Å². The van der Waals surface area contributed by atoms with E-state index in [9.17, 15) is 9.59 Å². The minimum absolute atomic E-state index is 0.0621. The molecule has 1 aromatic carbocycles. The number of amides is 2. The van der Waals surface area contributed by atoms with Crippen LogP contribution in [0.25, 0.3) is 0 Å². The average molecular weight is 365 g/mol. The van der Waals surface area contributed by atoms with E-state index in [1.807, 2.05) is 17.0 Å². The highest BCUT2D eigenvalue weighted by molar-refractivity contribution is 6.32. The van der Waals surface area contributed by atoms with E-state index in [0.717, 1.165) is 25.7 Å². The van der Waals surface area contributed by atoms with Crippen molar-refractivity contribution in [1.29, 1.82) is 0 Å². The fraction of sp³-hybridized carbons (Fsp3) is 0.579. The molecule has 0 spiro atoms. The standard InChI is InChI=1S/C19H25ClN2O3/c1-14(25-17-9-5-4-8-16(17)20)18(23)21-10-12-22(13-11-21)19(24)15-6-2-3-7-15/h4-5,8-9,14-15H,2-3,6-7,10-13H2,1H3. The molecule has 2 amide bonds. The Hall–Kier alpha value is -1.75. The summed E-state index contributed by atoms with van der Waals surface area (Å²) < 4.78 is 5.71. The van der Waals surface area contributed by atoms with Gasteiger partial charge in [-0.15, -0.1) is 0 Å². The number of hydrogen-bond acceptors (Lipinski definition) is 3. The highest BCUT2D eigenvalue weighted by atomic mass is 35.5. The molecule has 0 N–H and O–H groups in total. The van der Waals surface area contributed by atoms with Gasteiger partial charge in [0, 0.05) is 32.1 Å². The van der Waals surface area contributed by atoms with Gasteiger partial charge in [0.15, 0.2) is 6.10 Å². The van der Waals surface area contributed by atoms with Crippen molar-refractivity contribution < 1.29 is 14.3 Å². The smallest absolute Gasteiger partial charge is 0.263 e. The summed E-state index contributed by atoms with van der Waals surface area (Å²) in [4.78, 5) is 28.8. The van der Waals surface area contributed by atoms with Crippen LogP contribution in [0.2, 0.25) is 5.02 Å². The number of rotatable bonds is 4. The van der Waals surface area contributed by atoms with Crippen molar-refractivity contribution in [3.63, 3.8) is 0 Å². The maximum Gasteiger partial charge on any atom is 0.263 e. The first-order chi connectivity index (χ1) is 12.1. The number of halogens is 1. The zero-order valence-electron chi connectivity index (χ0n) is 14.6. The zero-order valence-corrected chi connectivity index (χ0v) is 15.4. The lowest BCUT2D eigenvalue weighted by molar-refractivity contribution is -0.145. The Morgan fingerprint density at radius 2 is 1.68 bits per heavy atom. The lowest BCUT2D eigenvalue weighted by atomic mass is 10.1. The molecule has 0 aromatic heterocycles. The summed E-state index contributed by atoms with van der Waals surface area (Å²) in [5.74, 6) is 0.919. The molecule has 1 unspecified atom stereocenters. The summed E-state index contributed by atoms with van der Waals surface area (Å²) in [6.07, 6.45) is 3.75. The van der Waals surface area contributed by atoms with Gasteiger partial charge in [0.2, 0.25) is 5.91 Å². The highest BCUT2D eigenvalue weighted by Crippen LogP contribution is 2.27. The molecule has 1 atom stereocenters. The van der Waals surface area contributed by atoms with Gasteiger partial charge >= 0.3 is 0 Å². The van der Waals surface area contributed by atoms with Crippen LogP contribution >= 0.6 is 11.6 Å². The molecule has 5 nitrogen and oxygen atoms in total. The van der Waals surface area contributed by atoms with Gasteiger partial charge in [0.1, 0.15) is 5.75 Å². The number of piperazine rings is 1. The molecule has 1 saturated carbocycles. The van der Waals surface area contributed by atoms with Gasteiger partial charge in [0.05, 0.1) is 5.02 Å². The summed E-state index contributed by atoms with van der Waals surface area (Å²) in [5.41, 5.74) is 0. The monoisotopic (exact) mass is 364 g/mol. The fourth-order valence-electron chi connectivity index (χ4n) is 3.62. The number of carbonyl (C=O) groups is 2. The van der Waals surface area contributed by atoms with E-state index in [2.05, 4.69) is 0 Å². The molecule has 0 bridgehead atoms. The second kappa shape index (κ2) is 8.09. The number of hydrogen-bond donors (Lipinski definition) is 0. The predicted molar refractivity (Wildman–Crippen MR) is 96.7 cm³/mol. The SMILES string of the molecule is CC(Oc1ccccc1Cl)C(=O)N1CCN(C(=O)C2CCCC2)CC1. The molecule has 136 valence electrons. The van der Waals surface area contributed by atoms with E-state index < -0.39 is 6.10 Å². The van der Waals surface area contributed by atoms with E-state index in [1.54, 1.807) is 24.0 Å². The normalized spacial score (nSPS) is 19.8. The van der Waals surface area contributed by atoms with Crippen LogP contribution < -0.4 is 4.74 Å². The van der Waals surface area contributed by atoms with E-state index in [-0.39, 0.29) is 17.7 Å². The van der Waals surface area contributed by atoms with Crippen LogP contribution in [0.5, 0.6) is 5.75 Å². The van der Waals surface area contributed by atoms with Crippen molar-refractivity contribution in [1.82, 2.24) is 9.80 Å². The summed E-state index contributed by atoms with van der Waals surface area (Å²) >= 11 is 6.08. The van der Waals surface area contributed by atoms with Crippen LogP contribution in [0.3, 0.4) is 0 Å². The van der Waals surface area contributed by atoms with Crippen molar-refractivity contribution in [3.05, 3.63) is 29.3 Å². The topological polar surface area (TPSA) is 49.9 Å². The molecule has 1 aliphatic carbocycles. The molecule has 2 fully saturated rings. The first kappa shape index (κ1) is 18.1. The second-order valence-electron chi connectivity index (χ2n) is 6.82. The molecular formula is C19H25ClN2O3. The molecule has 0 radical (unpaired) electrons. The molecule has 1 aliphatic heterocycles. The number of benzene rings is 1. The van der Waals surface area contributed by atoms with Gasteiger partial charge in [-0.2, -0.15) is 0 Å². The molecule has 3 rings (SSSR count). The van der Waals surface area contributed by atoms with Gasteiger partial charge in [-0.05, 0) is 31.9 Å². The molecule has 1 saturated heterocycles. The van der Waals surface area contributed by atoms with Gasteiger partial charge in [-0.25, -0.2) is 0 Å². The van der Waals surface area contributed by atoms with Crippen molar-refractivity contribution in [2.75, 3.05) is 26.2 Å². The molecule has 1 heterocycles. The molecule has 6 heteroatoms. The highest BCUT2D eigenvalue weighted by Gasteiger charge is 2.32. The number of nitrogens with zero attached hydrogens (tertiary/aromatic N) is 2.